The van der Waals surface area contributed by atoms with Crippen LogP contribution in [-0.4, -0.2) is 56.5 Å². The van der Waals surface area contributed by atoms with Crippen LogP contribution >= 0.6 is 0 Å². The smallest absolute Gasteiger partial charge is 0.292 e. The molecule has 0 radical (unpaired) electrons. The SMILES string of the molecule is CCNCC1CCCCN1S(=O)(=O)NN1CCCCC1. The molecule has 1 unspecified atom stereocenters. The molecule has 0 aliphatic carbocycles. The zero-order valence-electron chi connectivity index (χ0n) is 12.5. The van der Waals surface area contributed by atoms with Crippen LogP contribution in [0.15, 0.2) is 0 Å². The molecule has 0 aromatic rings. The normalized spacial score (nSPS) is 26.8. The van der Waals surface area contributed by atoms with E-state index in [2.05, 4.69) is 10.1 Å². The molecule has 0 aromatic carbocycles. The van der Waals surface area contributed by atoms with E-state index in [-0.39, 0.29) is 6.04 Å². The Bertz CT molecular complexity index is 382. The molecular weight excluding hydrogens is 276 g/mol. The minimum atomic E-state index is -3.39. The number of nitrogens with one attached hydrogen (secondary N) is 2. The first-order chi connectivity index (χ1) is 9.63. The predicted octanol–water partition coefficient (Wildman–Crippen LogP) is 0.686. The summed E-state index contributed by atoms with van der Waals surface area (Å²) < 4.78 is 26.8. The van der Waals surface area contributed by atoms with Gasteiger partial charge in [-0.25, -0.2) is 5.01 Å². The van der Waals surface area contributed by atoms with Crippen molar-refractivity contribution in [2.24, 2.45) is 0 Å². The highest BCUT2D eigenvalue weighted by molar-refractivity contribution is 7.87. The van der Waals surface area contributed by atoms with Gasteiger partial charge in [0.25, 0.3) is 10.2 Å². The summed E-state index contributed by atoms with van der Waals surface area (Å²) in [6.45, 7) is 5.96. The average Bonchev–Trinajstić information content (AvgIpc) is 2.46. The highest BCUT2D eigenvalue weighted by Crippen LogP contribution is 2.20. The van der Waals surface area contributed by atoms with Gasteiger partial charge < -0.3 is 5.32 Å². The third kappa shape index (κ3) is 4.39. The van der Waals surface area contributed by atoms with Crippen LogP contribution in [0.3, 0.4) is 0 Å². The Labute approximate surface area is 123 Å². The van der Waals surface area contributed by atoms with Crippen molar-refractivity contribution in [3.8, 4) is 0 Å². The van der Waals surface area contributed by atoms with Crippen LogP contribution in [0, 0.1) is 0 Å². The summed E-state index contributed by atoms with van der Waals surface area (Å²) in [5.41, 5.74) is 0. The van der Waals surface area contributed by atoms with Crippen LogP contribution in [0.4, 0.5) is 0 Å². The van der Waals surface area contributed by atoms with E-state index in [4.69, 9.17) is 0 Å². The molecule has 2 heterocycles. The number of likely N-dealkylation sites (N-methyl/N-ethyl adjacent to an activating group) is 1. The highest BCUT2D eigenvalue weighted by atomic mass is 32.2. The van der Waals surface area contributed by atoms with E-state index in [1.165, 1.54) is 6.42 Å². The van der Waals surface area contributed by atoms with Crippen molar-refractivity contribution in [2.75, 3.05) is 32.7 Å². The number of hydrogen-bond acceptors (Lipinski definition) is 4. The summed E-state index contributed by atoms with van der Waals surface area (Å²) in [6.07, 6.45) is 6.38. The summed E-state index contributed by atoms with van der Waals surface area (Å²) in [4.78, 5) is 2.78. The van der Waals surface area contributed by atoms with Gasteiger partial charge >= 0.3 is 0 Å². The molecule has 118 valence electrons. The van der Waals surface area contributed by atoms with Gasteiger partial charge in [0.2, 0.25) is 0 Å². The zero-order chi connectivity index (χ0) is 14.4. The topological polar surface area (TPSA) is 64.7 Å². The van der Waals surface area contributed by atoms with Gasteiger partial charge in [0.1, 0.15) is 0 Å². The summed E-state index contributed by atoms with van der Waals surface area (Å²) in [6, 6.07) is 0.0889. The largest absolute Gasteiger partial charge is 0.315 e. The molecule has 2 aliphatic rings. The fourth-order valence-corrected chi connectivity index (χ4v) is 4.56. The molecule has 0 amide bonds. The van der Waals surface area contributed by atoms with Gasteiger partial charge in [-0.15, -0.1) is 4.83 Å². The predicted molar refractivity (Wildman–Crippen MR) is 80.4 cm³/mol. The van der Waals surface area contributed by atoms with Gasteiger partial charge in [0, 0.05) is 32.2 Å². The Balaban J connectivity index is 1.97. The lowest BCUT2D eigenvalue weighted by atomic mass is 10.1. The Morgan fingerprint density at radius 3 is 2.45 bits per heavy atom. The summed E-state index contributed by atoms with van der Waals surface area (Å²) >= 11 is 0. The standard InChI is InChI=1S/C13H28N4O2S/c1-2-14-12-13-8-4-7-11-17(13)20(18,19)15-16-9-5-3-6-10-16/h13-15H,2-12H2,1H3. The van der Waals surface area contributed by atoms with Crippen LogP contribution in [0.25, 0.3) is 0 Å². The molecule has 0 spiro atoms. The Morgan fingerprint density at radius 1 is 1.05 bits per heavy atom. The van der Waals surface area contributed by atoms with E-state index in [1.54, 1.807) is 4.31 Å². The molecule has 2 aliphatic heterocycles. The minimum Gasteiger partial charge on any atom is -0.315 e. The monoisotopic (exact) mass is 304 g/mol. The summed E-state index contributed by atoms with van der Waals surface area (Å²) in [5.74, 6) is 0. The molecule has 20 heavy (non-hydrogen) atoms. The zero-order valence-corrected chi connectivity index (χ0v) is 13.3. The van der Waals surface area contributed by atoms with Crippen LogP contribution in [0.1, 0.15) is 45.4 Å². The molecule has 0 saturated carbocycles. The van der Waals surface area contributed by atoms with E-state index in [9.17, 15) is 8.42 Å². The summed E-state index contributed by atoms with van der Waals surface area (Å²) in [5, 5.41) is 5.14. The van der Waals surface area contributed by atoms with Crippen molar-refractivity contribution >= 4 is 10.2 Å². The summed E-state index contributed by atoms with van der Waals surface area (Å²) in [7, 11) is -3.39. The second kappa shape index (κ2) is 7.70. The van der Waals surface area contributed by atoms with Crippen molar-refractivity contribution in [1.29, 1.82) is 0 Å². The van der Waals surface area contributed by atoms with Crippen molar-refractivity contribution in [1.82, 2.24) is 19.5 Å². The van der Waals surface area contributed by atoms with E-state index in [0.717, 1.165) is 58.3 Å². The molecule has 2 N–H and O–H groups in total. The molecule has 7 heteroatoms. The van der Waals surface area contributed by atoms with Crippen molar-refractivity contribution < 1.29 is 8.42 Å². The Kier molecular flexibility index (Phi) is 6.22. The highest BCUT2D eigenvalue weighted by Gasteiger charge is 2.33. The molecule has 2 rings (SSSR count). The first kappa shape index (κ1) is 16.2. The first-order valence-electron chi connectivity index (χ1n) is 7.88. The van der Waals surface area contributed by atoms with Crippen molar-refractivity contribution in [2.45, 2.75) is 51.5 Å². The van der Waals surface area contributed by atoms with Gasteiger partial charge in [-0.3, -0.25) is 0 Å². The minimum absolute atomic E-state index is 0.0889. The number of piperidine rings is 2. The van der Waals surface area contributed by atoms with E-state index in [1.807, 2.05) is 11.9 Å². The van der Waals surface area contributed by atoms with E-state index >= 15 is 0 Å². The van der Waals surface area contributed by atoms with Gasteiger partial charge in [0.05, 0.1) is 0 Å². The van der Waals surface area contributed by atoms with Gasteiger partial charge in [0.15, 0.2) is 0 Å². The van der Waals surface area contributed by atoms with Gasteiger partial charge in [-0.1, -0.05) is 19.8 Å². The number of hydrazine groups is 1. The van der Waals surface area contributed by atoms with Crippen LogP contribution in [0.5, 0.6) is 0 Å². The Hall–Kier alpha value is -0.210. The van der Waals surface area contributed by atoms with Crippen LogP contribution < -0.4 is 10.1 Å². The molecule has 6 nitrogen and oxygen atoms in total. The fourth-order valence-electron chi connectivity index (χ4n) is 3.01. The van der Waals surface area contributed by atoms with Crippen molar-refractivity contribution in [3.05, 3.63) is 0 Å². The molecular formula is C13H28N4O2S. The lowest BCUT2D eigenvalue weighted by Gasteiger charge is -2.37. The third-order valence-corrected chi connectivity index (χ3v) is 5.70. The number of hydrogen-bond donors (Lipinski definition) is 2. The lowest BCUT2D eigenvalue weighted by molar-refractivity contribution is 0.180. The molecule has 2 fully saturated rings. The number of rotatable bonds is 6. The second-order valence-corrected chi connectivity index (χ2v) is 7.31. The maximum Gasteiger partial charge on any atom is 0.292 e. The quantitative estimate of drug-likeness (QED) is 0.758. The Morgan fingerprint density at radius 2 is 1.75 bits per heavy atom. The maximum atomic E-state index is 12.6. The van der Waals surface area contributed by atoms with E-state index in [0.29, 0.717) is 6.54 Å². The third-order valence-electron chi connectivity index (χ3n) is 4.11. The van der Waals surface area contributed by atoms with Crippen LogP contribution in [-0.2, 0) is 10.2 Å². The lowest BCUT2D eigenvalue weighted by Crippen LogP contribution is -2.56. The van der Waals surface area contributed by atoms with Crippen LogP contribution in [0.2, 0.25) is 0 Å². The van der Waals surface area contributed by atoms with Gasteiger partial charge in [-0.2, -0.15) is 12.7 Å². The number of nitrogens with zero attached hydrogens (tertiary/aromatic N) is 2. The fraction of sp³-hybridized carbons (Fsp3) is 1.00. The molecule has 0 aromatic heterocycles. The maximum absolute atomic E-state index is 12.6. The van der Waals surface area contributed by atoms with Gasteiger partial charge in [-0.05, 0) is 32.2 Å². The molecule has 0 bridgehead atoms. The van der Waals surface area contributed by atoms with Crippen molar-refractivity contribution in [3.63, 3.8) is 0 Å². The molecule has 1 atom stereocenters. The first-order valence-corrected chi connectivity index (χ1v) is 9.32. The molecule has 2 saturated heterocycles. The average molecular weight is 304 g/mol. The van der Waals surface area contributed by atoms with E-state index < -0.39 is 10.2 Å². The second-order valence-electron chi connectivity index (χ2n) is 5.71.